The maximum atomic E-state index is 11.0. The fourth-order valence-electron chi connectivity index (χ4n) is 0.370. The van der Waals surface area contributed by atoms with Crippen molar-refractivity contribution in [3.8, 4) is 0 Å². The topological polar surface area (TPSA) is 81.5 Å². The van der Waals surface area contributed by atoms with Crippen LogP contribution in [0, 0.1) is 0 Å². The first-order chi connectivity index (χ1) is 5.40. The molecular weight excluding hydrogens is 154 g/mol. The SMILES string of the molecule is CC(=O)C(C)(C)N=C/C(N)=C\N. The summed E-state index contributed by atoms with van der Waals surface area (Å²) in [5.41, 5.74) is 10.1. The van der Waals surface area contributed by atoms with Gasteiger partial charge < -0.3 is 11.5 Å². The van der Waals surface area contributed by atoms with Crippen molar-refractivity contribution in [1.82, 2.24) is 0 Å². The number of nitrogens with zero attached hydrogens (tertiary/aromatic N) is 1. The summed E-state index contributed by atoms with van der Waals surface area (Å²) in [6, 6.07) is 0. The van der Waals surface area contributed by atoms with Gasteiger partial charge in [0.2, 0.25) is 0 Å². The van der Waals surface area contributed by atoms with Crippen molar-refractivity contribution in [2.75, 3.05) is 0 Å². The molecule has 0 saturated carbocycles. The molecule has 4 nitrogen and oxygen atoms in total. The lowest BCUT2D eigenvalue weighted by atomic mass is 10.0. The molecule has 0 fully saturated rings. The summed E-state index contributed by atoms with van der Waals surface area (Å²) < 4.78 is 0. The largest absolute Gasteiger partial charge is 0.403 e. The quantitative estimate of drug-likeness (QED) is 0.591. The highest BCUT2D eigenvalue weighted by Crippen LogP contribution is 2.08. The van der Waals surface area contributed by atoms with Crippen LogP contribution < -0.4 is 11.5 Å². The minimum absolute atomic E-state index is 0.0106. The van der Waals surface area contributed by atoms with Gasteiger partial charge in [0, 0.05) is 12.4 Å². The molecule has 0 spiro atoms. The first-order valence-electron chi connectivity index (χ1n) is 3.64. The summed E-state index contributed by atoms with van der Waals surface area (Å²) in [5, 5.41) is 0. The second-order valence-corrected chi connectivity index (χ2v) is 3.04. The van der Waals surface area contributed by atoms with Gasteiger partial charge in [-0.05, 0) is 20.8 Å². The van der Waals surface area contributed by atoms with Crippen molar-refractivity contribution in [3.05, 3.63) is 11.9 Å². The maximum Gasteiger partial charge on any atom is 0.156 e. The number of carbonyl (C=O) groups is 1. The van der Waals surface area contributed by atoms with E-state index in [1.165, 1.54) is 19.3 Å². The third-order valence-corrected chi connectivity index (χ3v) is 1.59. The average Bonchev–Trinajstić information content (AvgIpc) is 2.00. The van der Waals surface area contributed by atoms with E-state index >= 15 is 0 Å². The molecule has 0 aliphatic carbocycles. The molecule has 0 bridgehead atoms. The van der Waals surface area contributed by atoms with E-state index in [1.807, 2.05) is 0 Å². The molecule has 0 aromatic heterocycles. The maximum absolute atomic E-state index is 11.0. The van der Waals surface area contributed by atoms with Gasteiger partial charge in [-0.3, -0.25) is 9.79 Å². The normalized spacial score (nSPS) is 13.8. The average molecular weight is 169 g/mol. The first-order valence-corrected chi connectivity index (χ1v) is 3.64. The summed E-state index contributed by atoms with van der Waals surface area (Å²) in [6.07, 6.45) is 2.63. The Balaban J connectivity index is 4.44. The lowest BCUT2D eigenvalue weighted by molar-refractivity contribution is -0.120. The van der Waals surface area contributed by atoms with E-state index in [2.05, 4.69) is 4.99 Å². The Hall–Kier alpha value is -1.32. The number of carbonyl (C=O) groups excluding carboxylic acids is 1. The fraction of sp³-hybridized carbons (Fsp3) is 0.500. The number of hydrogen-bond donors (Lipinski definition) is 2. The zero-order valence-corrected chi connectivity index (χ0v) is 7.66. The lowest BCUT2D eigenvalue weighted by Gasteiger charge is -2.14. The Morgan fingerprint density at radius 3 is 2.33 bits per heavy atom. The van der Waals surface area contributed by atoms with Gasteiger partial charge in [-0.1, -0.05) is 0 Å². The minimum Gasteiger partial charge on any atom is -0.403 e. The summed E-state index contributed by atoms with van der Waals surface area (Å²) in [4.78, 5) is 14.9. The Morgan fingerprint density at radius 1 is 1.50 bits per heavy atom. The van der Waals surface area contributed by atoms with Crippen LogP contribution in [-0.4, -0.2) is 17.5 Å². The van der Waals surface area contributed by atoms with Crippen LogP contribution in [0.5, 0.6) is 0 Å². The Morgan fingerprint density at radius 2 is 2.00 bits per heavy atom. The molecule has 4 N–H and O–H groups in total. The summed E-state index contributed by atoms with van der Waals surface area (Å²) in [6.45, 7) is 4.92. The van der Waals surface area contributed by atoms with E-state index in [0.29, 0.717) is 5.70 Å². The van der Waals surface area contributed by atoms with Crippen LogP contribution in [0.25, 0.3) is 0 Å². The van der Waals surface area contributed by atoms with Crippen LogP contribution in [0.3, 0.4) is 0 Å². The number of nitrogens with two attached hydrogens (primary N) is 2. The Kier molecular flexibility index (Phi) is 3.47. The van der Waals surface area contributed by atoms with Gasteiger partial charge in [-0.25, -0.2) is 0 Å². The highest BCUT2D eigenvalue weighted by atomic mass is 16.1. The Labute approximate surface area is 72.3 Å². The molecule has 12 heavy (non-hydrogen) atoms. The molecule has 0 heterocycles. The van der Waals surface area contributed by atoms with Crippen LogP contribution in [0.4, 0.5) is 0 Å². The smallest absolute Gasteiger partial charge is 0.156 e. The van der Waals surface area contributed by atoms with Crippen LogP contribution in [0.15, 0.2) is 16.9 Å². The van der Waals surface area contributed by atoms with Crippen LogP contribution >= 0.6 is 0 Å². The van der Waals surface area contributed by atoms with E-state index in [9.17, 15) is 4.79 Å². The highest BCUT2D eigenvalue weighted by molar-refractivity contribution is 5.88. The number of rotatable bonds is 3. The molecule has 0 saturated heterocycles. The molecule has 0 aliphatic heterocycles. The van der Waals surface area contributed by atoms with Crippen LogP contribution in [0.2, 0.25) is 0 Å². The molecule has 0 unspecified atom stereocenters. The second-order valence-electron chi connectivity index (χ2n) is 3.04. The number of aliphatic imine (C=N–C) groups is 1. The molecule has 0 amide bonds. The Bertz CT molecular complexity index is 228. The highest BCUT2D eigenvalue weighted by Gasteiger charge is 2.20. The van der Waals surface area contributed by atoms with Gasteiger partial charge in [0.15, 0.2) is 5.78 Å². The van der Waals surface area contributed by atoms with Crippen molar-refractivity contribution in [2.24, 2.45) is 16.5 Å². The molecular formula is C8H15N3O. The van der Waals surface area contributed by atoms with Gasteiger partial charge in [0.1, 0.15) is 5.54 Å². The molecule has 0 rings (SSSR count). The van der Waals surface area contributed by atoms with Gasteiger partial charge >= 0.3 is 0 Å². The van der Waals surface area contributed by atoms with Gasteiger partial charge in [0.25, 0.3) is 0 Å². The molecule has 0 aliphatic rings. The van der Waals surface area contributed by atoms with Crippen LogP contribution in [-0.2, 0) is 4.79 Å². The van der Waals surface area contributed by atoms with Crippen molar-refractivity contribution in [2.45, 2.75) is 26.3 Å². The standard InChI is InChI=1S/C8H15N3O/c1-6(12)8(2,3)11-5-7(10)4-9/h4-5H,9-10H2,1-3H3/b7-4+,11-5?. The van der Waals surface area contributed by atoms with E-state index in [1.54, 1.807) is 13.8 Å². The van der Waals surface area contributed by atoms with E-state index in [4.69, 9.17) is 11.5 Å². The number of hydrogen-bond acceptors (Lipinski definition) is 4. The van der Waals surface area contributed by atoms with Crippen molar-refractivity contribution in [1.29, 1.82) is 0 Å². The minimum atomic E-state index is -0.715. The molecule has 0 aromatic rings. The van der Waals surface area contributed by atoms with Crippen molar-refractivity contribution >= 4 is 12.0 Å². The van der Waals surface area contributed by atoms with Crippen molar-refractivity contribution in [3.63, 3.8) is 0 Å². The van der Waals surface area contributed by atoms with E-state index < -0.39 is 5.54 Å². The number of allylic oxidation sites excluding steroid dienone is 1. The number of Topliss-reactive ketones (excluding diaryl/α,β-unsaturated/α-hetero) is 1. The van der Waals surface area contributed by atoms with Gasteiger partial charge in [-0.15, -0.1) is 0 Å². The molecule has 68 valence electrons. The fourth-order valence-corrected chi connectivity index (χ4v) is 0.370. The summed E-state index contributed by atoms with van der Waals surface area (Å²) in [7, 11) is 0. The predicted octanol–water partition coefficient (Wildman–Crippen LogP) is 0.184. The summed E-state index contributed by atoms with van der Waals surface area (Å²) >= 11 is 0. The van der Waals surface area contributed by atoms with Gasteiger partial charge in [-0.2, -0.15) is 0 Å². The third kappa shape index (κ3) is 3.18. The van der Waals surface area contributed by atoms with E-state index in [0.717, 1.165) is 0 Å². The van der Waals surface area contributed by atoms with Crippen molar-refractivity contribution < 1.29 is 4.79 Å². The van der Waals surface area contributed by atoms with Crippen LogP contribution in [0.1, 0.15) is 20.8 Å². The lowest BCUT2D eigenvalue weighted by Crippen LogP contribution is -2.27. The van der Waals surface area contributed by atoms with E-state index in [-0.39, 0.29) is 5.78 Å². The predicted molar refractivity (Wildman–Crippen MR) is 49.7 cm³/mol. The second kappa shape index (κ2) is 3.90. The molecule has 0 atom stereocenters. The first kappa shape index (κ1) is 10.7. The van der Waals surface area contributed by atoms with Gasteiger partial charge in [0.05, 0.1) is 5.70 Å². The zero-order valence-electron chi connectivity index (χ0n) is 7.66. The third-order valence-electron chi connectivity index (χ3n) is 1.59. The monoisotopic (exact) mass is 169 g/mol. The summed E-state index contributed by atoms with van der Waals surface area (Å²) in [5.74, 6) is -0.0106. The molecule has 4 heteroatoms. The molecule has 0 radical (unpaired) electrons. The number of ketones is 1. The zero-order chi connectivity index (χ0) is 9.78. The molecule has 0 aromatic carbocycles.